The molecular weight excluding hydrogens is 589 g/mol. The fourth-order valence-corrected chi connectivity index (χ4v) is 7.27. The summed E-state index contributed by atoms with van der Waals surface area (Å²) in [5.74, 6) is 1.71. The average Bonchev–Trinajstić information content (AvgIpc) is 3.77. The first-order chi connectivity index (χ1) is 23.8. The molecular formula is C43H26N4O. The van der Waals surface area contributed by atoms with Gasteiger partial charge in [-0.25, -0.2) is 15.0 Å². The number of fused-ring (bicyclic) bond motifs is 5. The number of furan rings is 1. The summed E-state index contributed by atoms with van der Waals surface area (Å²) in [4.78, 5) is 15.1. The van der Waals surface area contributed by atoms with Gasteiger partial charge in [-0.1, -0.05) is 127 Å². The Morgan fingerprint density at radius 2 is 1.08 bits per heavy atom. The molecule has 48 heavy (non-hydrogen) atoms. The zero-order valence-electron chi connectivity index (χ0n) is 25.7. The van der Waals surface area contributed by atoms with Gasteiger partial charge in [0.25, 0.3) is 0 Å². The number of benzene rings is 6. The van der Waals surface area contributed by atoms with Gasteiger partial charge in [-0.2, -0.15) is 5.26 Å². The van der Waals surface area contributed by atoms with Crippen LogP contribution in [0.5, 0.6) is 0 Å². The van der Waals surface area contributed by atoms with E-state index in [2.05, 4.69) is 72.8 Å². The van der Waals surface area contributed by atoms with Crippen LogP contribution in [-0.2, 0) is 5.41 Å². The summed E-state index contributed by atoms with van der Waals surface area (Å²) in [7, 11) is 0. The van der Waals surface area contributed by atoms with Gasteiger partial charge in [-0.05, 0) is 57.6 Å². The molecule has 5 heteroatoms. The molecule has 0 radical (unpaired) electrons. The second-order valence-corrected chi connectivity index (χ2v) is 11.9. The summed E-state index contributed by atoms with van der Waals surface area (Å²) >= 11 is 0. The predicted octanol–water partition coefficient (Wildman–Crippen LogP) is 9.85. The van der Waals surface area contributed by atoms with Crippen molar-refractivity contribution in [2.45, 2.75) is 5.41 Å². The highest BCUT2D eigenvalue weighted by atomic mass is 16.3. The van der Waals surface area contributed by atoms with E-state index in [-0.39, 0.29) is 0 Å². The highest BCUT2D eigenvalue weighted by Crippen LogP contribution is 2.59. The third kappa shape index (κ3) is 4.13. The third-order valence-electron chi connectivity index (χ3n) is 9.34. The van der Waals surface area contributed by atoms with Crippen LogP contribution in [0.25, 0.3) is 56.3 Å². The van der Waals surface area contributed by atoms with Gasteiger partial charge in [0.1, 0.15) is 5.58 Å². The molecule has 9 rings (SSSR count). The maximum Gasteiger partial charge on any atom is 0.167 e. The summed E-state index contributed by atoms with van der Waals surface area (Å²) in [6.45, 7) is 0. The molecule has 5 nitrogen and oxygen atoms in total. The van der Waals surface area contributed by atoms with E-state index in [0.29, 0.717) is 23.0 Å². The highest BCUT2D eigenvalue weighted by Gasteiger charge is 2.47. The Hall–Kier alpha value is -6.64. The molecule has 1 unspecified atom stereocenters. The van der Waals surface area contributed by atoms with Crippen molar-refractivity contribution in [2.75, 3.05) is 0 Å². The lowest BCUT2D eigenvalue weighted by molar-refractivity contribution is 0.616. The van der Waals surface area contributed by atoms with E-state index in [1.807, 2.05) is 84.9 Å². The first kappa shape index (κ1) is 27.7. The summed E-state index contributed by atoms with van der Waals surface area (Å²) in [5.41, 5.74) is 9.97. The molecule has 0 saturated carbocycles. The summed E-state index contributed by atoms with van der Waals surface area (Å²) in [6.07, 6.45) is 1.75. The van der Waals surface area contributed by atoms with E-state index in [4.69, 9.17) is 19.4 Å². The van der Waals surface area contributed by atoms with Gasteiger partial charge in [0.15, 0.2) is 17.5 Å². The topological polar surface area (TPSA) is 75.6 Å². The van der Waals surface area contributed by atoms with Crippen LogP contribution in [-0.4, -0.2) is 15.0 Å². The van der Waals surface area contributed by atoms with E-state index in [9.17, 15) is 5.26 Å². The van der Waals surface area contributed by atoms with E-state index < -0.39 is 5.41 Å². The van der Waals surface area contributed by atoms with Gasteiger partial charge in [-0.15, -0.1) is 0 Å². The average molecular weight is 615 g/mol. The smallest absolute Gasteiger partial charge is 0.167 e. The van der Waals surface area contributed by atoms with Crippen LogP contribution in [0.2, 0.25) is 0 Å². The SMILES string of the molecule is N#Cc1ccc(C2(c3ccccc3)c3ccccc3-c3c2cc(-c2nc(-c4ccccc4)nc(-c4ccccc4)n2)c2occc32)cc1. The van der Waals surface area contributed by atoms with Crippen molar-refractivity contribution in [1.82, 2.24) is 15.0 Å². The largest absolute Gasteiger partial charge is 0.464 e. The lowest BCUT2D eigenvalue weighted by Gasteiger charge is -2.34. The fourth-order valence-electron chi connectivity index (χ4n) is 7.27. The molecule has 0 saturated heterocycles. The quantitative estimate of drug-likeness (QED) is 0.193. The Morgan fingerprint density at radius 1 is 0.521 bits per heavy atom. The van der Waals surface area contributed by atoms with E-state index >= 15 is 0 Å². The normalized spacial score (nSPS) is 14.7. The molecule has 0 N–H and O–H groups in total. The second-order valence-electron chi connectivity index (χ2n) is 11.9. The molecule has 6 aromatic carbocycles. The van der Waals surface area contributed by atoms with Crippen LogP contribution in [0, 0.1) is 11.3 Å². The first-order valence-corrected chi connectivity index (χ1v) is 15.8. The van der Waals surface area contributed by atoms with Crippen molar-refractivity contribution in [3.05, 3.63) is 186 Å². The fraction of sp³-hybridized carbons (Fsp3) is 0.0233. The number of nitrogens with zero attached hydrogens (tertiary/aromatic N) is 4. The number of rotatable bonds is 5. The Balaban J connectivity index is 1.40. The summed E-state index contributed by atoms with van der Waals surface area (Å²) in [5, 5.41) is 10.7. The molecule has 0 amide bonds. The van der Waals surface area contributed by atoms with E-state index in [1.165, 1.54) is 5.56 Å². The molecule has 8 aromatic rings. The molecule has 0 spiro atoms. The Kier molecular flexibility index (Phi) is 6.34. The van der Waals surface area contributed by atoms with E-state index in [1.54, 1.807) is 6.26 Å². The van der Waals surface area contributed by atoms with Crippen LogP contribution < -0.4 is 0 Å². The van der Waals surface area contributed by atoms with Gasteiger partial charge in [-0.3, -0.25) is 0 Å². The van der Waals surface area contributed by atoms with Crippen LogP contribution in [0.4, 0.5) is 0 Å². The molecule has 0 aliphatic heterocycles. The van der Waals surface area contributed by atoms with Crippen molar-refractivity contribution >= 4 is 11.0 Å². The molecule has 224 valence electrons. The Morgan fingerprint density at radius 3 is 1.73 bits per heavy atom. The molecule has 0 bridgehead atoms. The van der Waals surface area contributed by atoms with Gasteiger partial charge in [0, 0.05) is 16.5 Å². The Labute approximate surface area is 277 Å². The van der Waals surface area contributed by atoms with Crippen molar-refractivity contribution < 1.29 is 4.42 Å². The second kappa shape index (κ2) is 11.0. The number of hydrogen-bond acceptors (Lipinski definition) is 5. The lowest BCUT2D eigenvalue weighted by atomic mass is 9.67. The van der Waals surface area contributed by atoms with Crippen molar-refractivity contribution in [3.63, 3.8) is 0 Å². The molecule has 1 atom stereocenters. The minimum atomic E-state index is -0.682. The highest BCUT2D eigenvalue weighted by molar-refractivity contribution is 6.07. The van der Waals surface area contributed by atoms with Gasteiger partial charge >= 0.3 is 0 Å². The maximum absolute atomic E-state index is 9.68. The molecule has 2 heterocycles. The minimum absolute atomic E-state index is 0.531. The standard InChI is InChI=1S/C43H26N4O/c44-27-28-20-22-32(23-21-28)43(31-16-8-3-9-17-31)36-19-11-10-18-33(36)38-34-24-25-48-39(34)35(26-37(38)43)42-46-40(29-12-4-1-5-13-29)45-41(47-42)30-14-6-2-7-15-30/h1-26H. The lowest BCUT2D eigenvalue weighted by Crippen LogP contribution is -2.28. The van der Waals surface area contributed by atoms with Crippen LogP contribution in [0.15, 0.2) is 162 Å². The number of hydrogen-bond donors (Lipinski definition) is 0. The molecule has 1 aliphatic carbocycles. The van der Waals surface area contributed by atoms with Gasteiger partial charge in [0.05, 0.1) is 28.9 Å². The van der Waals surface area contributed by atoms with Crippen molar-refractivity contribution in [2.24, 2.45) is 0 Å². The maximum atomic E-state index is 9.68. The Bertz CT molecular complexity index is 2440. The third-order valence-corrected chi connectivity index (χ3v) is 9.34. The van der Waals surface area contributed by atoms with Gasteiger partial charge in [0.2, 0.25) is 0 Å². The van der Waals surface area contributed by atoms with Crippen LogP contribution >= 0.6 is 0 Å². The van der Waals surface area contributed by atoms with Crippen LogP contribution in [0.3, 0.4) is 0 Å². The molecule has 1 aliphatic rings. The summed E-state index contributed by atoms with van der Waals surface area (Å²) in [6, 6.07) is 53.7. The number of aromatic nitrogens is 3. The number of nitriles is 1. The first-order valence-electron chi connectivity index (χ1n) is 15.8. The molecule has 0 fully saturated rings. The minimum Gasteiger partial charge on any atom is -0.464 e. The summed E-state index contributed by atoms with van der Waals surface area (Å²) < 4.78 is 6.31. The van der Waals surface area contributed by atoms with Gasteiger partial charge < -0.3 is 4.42 Å². The zero-order valence-corrected chi connectivity index (χ0v) is 25.7. The van der Waals surface area contributed by atoms with Crippen molar-refractivity contribution in [3.8, 4) is 51.4 Å². The van der Waals surface area contributed by atoms with E-state index in [0.717, 1.165) is 55.5 Å². The molecule has 2 aromatic heterocycles. The zero-order chi connectivity index (χ0) is 32.1. The van der Waals surface area contributed by atoms with Crippen LogP contribution in [0.1, 0.15) is 27.8 Å². The van der Waals surface area contributed by atoms with Crippen molar-refractivity contribution in [1.29, 1.82) is 5.26 Å². The monoisotopic (exact) mass is 614 g/mol. The predicted molar refractivity (Wildman–Crippen MR) is 188 cm³/mol.